The molecule has 156 valence electrons. The van der Waals surface area contributed by atoms with E-state index in [0.29, 0.717) is 27.4 Å². The molecule has 10 heteroatoms. The van der Waals surface area contributed by atoms with E-state index < -0.39 is 5.25 Å². The summed E-state index contributed by atoms with van der Waals surface area (Å²) in [6, 6.07) is 14.4. The van der Waals surface area contributed by atoms with Crippen LogP contribution in [0.4, 0.5) is 5.69 Å². The second-order valence-electron chi connectivity index (χ2n) is 6.83. The monoisotopic (exact) mass is 463 g/mol. The van der Waals surface area contributed by atoms with E-state index in [2.05, 4.69) is 20.8 Å². The van der Waals surface area contributed by atoms with Crippen molar-refractivity contribution in [1.82, 2.24) is 20.2 Å². The first-order valence-electron chi connectivity index (χ1n) is 9.45. The number of amides is 1. The summed E-state index contributed by atoms with van der Waals surface area (Å²) in [5.41, 5.74) is 1.36. The lowest BCUT2D eigenvalue weighted by molar-refractivity contribution is -0.115. The van der Waals surface area contributed by atoms with Gasteiger partial charge in [-0.1, -0.05) is 65.3 Å². The predicted molar refractivity (Wildman–Crippen MR) is 117 cm³/mol. The zero-order chi connectivity index (χ0) is 20.9. The summed E-state index contributed by atoms with van der Waals surface area (Å²) < 4.78 is 7.38. The first-order chi connectivity index (χ1) is 14.6. The number of rotatable bonds is 7. The smallest absolute Gasteiger partial charge is 0.242 e. The van der Waals surface area contributed by atoms with Gasteiger partial charge in [0.25, 0.3) is 0 Å². The van der Waals surface area contributed by atoms with Crippen LogP contribution in [0.3, 0.4) is 0 Å². The van der Waals surface area contributed by atoms with Gasteiger partial charge in [0.15, 0.2) is 0 Å². The van der Waals surface area contributed by atoms with Crippen molar-refractivity contribution < 1.29 is 9.53 Å². The van der Waals surface area contributed by atoms with Crippen LogP contribution in [0, 0.1) is 0 Å². The van der Waals surface area contributed by atoms with E-state index in [0.717, 1.165) is 25.0 Å². The highest BCUT2D eigenvalue weighted by Gasteiger charge is 2.26. The molecule has 1 aliphatic heterocycles. The molecule has 1 amide bonds. The number of thioether (sulfide) groups is 1. The number of tetrazole rings is 1. The molecule has 0 unspecified atom stereocenters. The summed E-state index contributed by atoms with van der Waals surface area (Å²) >= 11 is 13.4. The van der Waals surface area contributed by atoms with E-state index in [1.807, 2.05) is 30.3 Å². The normalized spacial score (nSPS) is 17.1. The summed E-state index contributed by atoms with van der Waals surface area (Å²) in [5.74, 6) is -0.226. The maximum absolute atomic E-state index is 13.2. The molecule has 0 radical (unpaired) electrons. The van der Waals surface area contributed by atoms with Crippen molar-refractivity contribution in [3.8, 4) is 0 Å². The molecule has 1 saturated heterocycles. The average Bonchev–Trinajstić information content (AvgIpc) is 3.38. The molecule has 1 N–H and O–H groups in total. The Morgan fingerprint density at radius 2 is 2.00 bits per heavy atom. The fraction of sp³-hybridized carbons (Fsp3) is 0.300. The van der Waals surface area contributed by atoms with Gasteiger partial charge in [-0.15, -0.1) is 5.10 Å². The molecule has 1 fully saturated rings. The zero-order valence-corrected chi connectivity index (χ0v) is 18.2. The summed E-state index contributed by atoms with van der Waals surface area (Å²) in [4.78, 5) is 13.2. The number of aromatic nitrogens is 4. The van der Waals surface area contributed by atoms with Crippen LogP contribution in [0.2, 0.25) is 10.0 Å². The maximum atomic E-state index is 13.2. The van der Waals surface area contributed by atoms with Gasteiger partial charge in [0.2, 0.25) is 11.1 Å². The van der Waals surface area contributed by atoms with Gasteiger partial charge >= 0.3 is 0 Å². The lowest BCUT2D eigenvalue weighted by Crippen LogP contribution is -2.21. The molecule has 2 aromatic carbocycles. The van der Waals surface area contributed by atoms with Gasteiger partial charge in [-0.05, 0) is 47.0 Å². The average molecular weight is 464 g/mol. The van der Waals surface area contributed by atoms with Crippen molar-refractivity contribution in [3.63, 3.8) is 0 Å². The molecule has 4 rings (SSSR count). The second-order valence-corrected chi connectivity index (χ2v) is 8.78. The molecule has 0 saturated carbocycles. The number of carbonyl (C=O) groups excluding carboxylic acids is 1. The first kappa shape index (κ1) is 21.1. The van der Waals surface area contributed by atoms with Crippen LogP contribution >= 0.6 is 35.0 Å². The standard InChI is InChI=1S/C20H19Cl2N5O2S/c21-14-9-15(22)11-16(10-14)23-19(28)18(13-5-2-1-3-6-13)30-20-24-25-26-27(20)12-17-7-4-8-29-17/h1-3,5-6,9-11,17-18H,4,7-8,12H2,(H,23,28)/t17-,18-/m1/s1. The van der Waals surface area contributed by atoms with Crippen LogP contribution in [0.1, 0.15) is 23.7 Å². The molecular formula is C20H19Cl2N5O2S. The number of anilines is 1. The highest BCUT2D eigenvalue weighted by atomic mass is 35.5. The highest BCUT2D eigenvalue weighted by molar-refractivity contribution is 8.00. The van der Waals surface area contributed by atoms with Crippen LogP contribution < -0.4 is 5.32 Å². The molecule has 30 heavy (non-hydrogen) atoms. The van der Waals surface area contributed by atoms with Crippen LogP contribution in [0.5, 0.6) is 0 Å². The van der Waals surface area contributed by atoms with Crippen LogP contribution in [0.25, 0.3) is 0 Å². The number of carbonyl (C=O) groups is 1. The fourth-order valence-corrected chi connectivity index (χ4v) is 4.73. The Morgan fingerprint density at radius 1 is 1.23 bits per heavy atom. The lowest BCUT2D eigenvalue weighted by atomic mass is 10.1. The number of halogens is 2. The van der Waals surface area contributed by atoms with Gasteiger partial charge < -0.3 is 10.1 Å². The summed E-state index contributed by atoms with van der Waals surface area (Å²) in [7, 11) is 0. The molecule has 7 nitrogen and oxygen atoms in total. The van der Waals surface area contributed by atoms with Crippen LogP contribution in [-0.2, 0) is 16.1 Å². The second kappa shape index (κ2) is 9.78. The fourth-order valence-electron chi connectivity index (χ4n) is 3.22. The Kier molecular flexibility index (Phi) is 6.89. The van der Waals surface area contributed by atoms with E-state index >= 15 is 0 Å². The number of nitrogens with zero attached hydrogens (tertiary/aromatic N) is 4. The maximum Gasteiger partial charge on any atom is 0.242 e. The molecule has 1 aliphatic rings. The van der Waals surface area contributed by atoms with Crippen molar-refractivity contribution in [3.05, 3.63) is 64.1 Å². The number of hydrogen-bond donors (Lipinski definition) is 1. The number of ether oxygens (including phenoxy) is 1. The minimum absolute atomic E-state index is 0.0884. The van der Waals surface area contributed by atoms with Crippen LogP contribution in [0.15, 0.2) is 53.7 Å². The van der Waals surface area contributed by atoms with Gasteiger partial charge in [0.1, 0.15) is 5.25 Å². The van der Waals surface area contributed by atoms with E-state index in [1.54, 1.807) is 22.9 Å². The van der Waals surface area contributed by atoms with Crippen molar-refractivity contribution >= 4 is 46.6 Å². The SMILES string of the molecule is O=C(Nc1cc(Cl)cc(Cl)c1)[C@H](Sc1nnnn1C[C@H]1CCCO1)c1ccccc1. The Bertz CT molecular complexity index is 991. The molecule has 0 aliphatic carbocycles. The Morgan fingerprint density at radius 3 is 2.70 bits per heavy atom. The van der Waals surface area contributed by atoms with E-state index in [1.165, 1.54) is 11.8 Å². The van der Waals surface area contributed by atoms with Crippen LogP contribution in [-0.4, -0.2) is 38.8 Å². The third-order valence-corrected chi connectivity index (χ3v) is 6.26. The molecule has 0 spiro atoms. The summed E-state index contributed by atoms with van der Waals surface area (Å²) in [6.07, 6.45) is 2.10. The van der Waals surface area contributed by atoms with E-state index in [-0.39, 0.29) is 12.0 Å². The number of benzene rings is 2. The van der Waals surface area contributed by atoms with Crippen molar-refractivity contribution in [2.75, 3.05) is 11.9 Å². The quantitative estimate of drug-likeness (QED) is 0.514. The van der Waals surface area contributed by atoms with Crippen molar-refractivity contribution in [2.45, 2.75) is 35.9 Å². The van der Waals surface area contributed by atoms with Crippen molar-refractivity contribution in [1.29, 1.82) is 0 Å². The number of nitrogens with one attached hydrogen (secondary N) is 1. The molecular weight excluding hydrogens is 445 g/mol. The topological polar surface area (TPSA) is 81.9 Å². The van der Waals surface area contributed by atoms with Gasteiger partial charge in [-0.3, -0.25) is 4.79 Å². The van der Waals surface area contributed by atoms with Gasteiger partial charge in [0.05, 0.1) is 12.6 Å². The highest BCUT2D eigenvalue weighted by Crippen LogP contribution is 2.35. The largest absolute Gasteiger partial charge is 0.376 e. The predicted octanol–water partition coefficient (Wildman–Crippen LogP) is 4.63. The number of hydrogen-bond acceptors (Lipinski definition) is 6. The minimum atomic E-state index is -0.571. The third kappa shape index (κ3) is 5.31. The van der Waals surface area contributed by atoms with Gasteiger partial charge in [-0.2, -0.15) is 0 Å². The van der Waals surface area contributed by atoms with Gasteiger partial charge in [-0.25, -0.2) is 4.68 Å². The first-order valence-corrected chi connectivity index (χ1v) is 11.1. The Labute approximate surface area is 188 Å². The lowest BCUT2D eigenvalue weighted by Gasteiger charge is -2.17. The molecule has 0 bridgehead atoms. The van der Waals surface area contributed by atoms with E-state index in [4.69, 9.17) is 27.9 Å². The molecule has 2 atom stereocenters. The molecule has 3 aromatic rings. The zero-order valence-electron chi connectivity index (χ0n) is 15.9. The third-order valence-electron chi connectivity index (χ3n) is 4.59. The minimum Gasteiger partial charge on any atom is -0.376 e. The molecule has 2 heterocycles. The van der Waals surface area contributed by atoms with Crippen molar-refractivity contribution in [2.24, 2.45) is 0 Å². The molecule has 1 aromatic heterocycles. The Balaban J connectivity index is 1.56. The Hall–Kier alpha value is -2.13. The summed E-state index contributed by atoms with van der Waals surface area (Å²) in [6.45, 7) is 1.31. The van der Waals surface area contributed by atoms with Gasteiger partial charge in [0, 0.05) is 22.3 Å². The summed E-state index contributed by atoms with van der Waals surface area (Å²) in [5, 5.41) is 15.8. The van der Waals surface area contributed by atoms with E-state index in [9.17, 15) is 4.79 Å².